The Labute approximate surface area is 261 Å². The summed E-state index contributed by atoms with van der Waals surface area (Å²) in [4.78, 5) is 51.6. The molecule has 0 saturated carbocycles. The molecule has 5 rings (SSSR count). The van der Waals surface area contributed by atoms with Crippen molar-refractivity contribution in [1.82, 2.24) is 0 Å². The Morgan fingerprint density at radius 2 is 0.864 bits per heavy atom. The van der Waals surface area contributed by atoms with Crippen molar-refractivity contribution in [2.24, 2.45) is 0 Å². The molecule has 0 bridgehead atoms. The van der Waals surface area contributed by atoms with Crippen LogP contribution in [0.1, 0.15) is 53.9 Å². The van der Waals surface area contributed by atoms with E-state index in [1.165, 1.54) is 13.8 Å². The summed E-state index contributed by atoms with van der Waals surface area (Å²) in [5, 5.41) is 12.9. The minimum Gasteiger partial charge on any atom is -0.397 e. The number of hydrogen-bond acceptors (Lipinski definition) is 10. The lowest BCUT2D eigenvalue weighted by molar-refractivity contribution is 0.101. The number of rotatable bonds is 10. The molecule has 0 atom stereocenters. The predicted molar refractivity (Wildman–Crippen MR) is 179 cm³/mol. The van der Waals surface area contributed by atoms with Crippen LogP contribution in [0.4, 0.5) is 44.1 Å². The average molecular weight is 625 g/mol. The minimum atomic E-state index is -0.499. The smallest absolute Gasteiger partial charge is 0.260 e. The van der Waals surface area contributed by atoms with Crippen LogP contribution in [0.2, 0.25) is 0 Å². The number of nitrogen functional groups attached to an aromatic ring is 2. The van der Waals surface area contributed by atoms with Gasteiger partial charge >= 0.3 is 0 Å². The Bertz CT molecular complexity index is 1730. The molecule has 2 aromatic heterocycles. The molecule has 0 aliphatic carbocycles. The Kier molecular flexibility index (Phi) is 8.74. The molecule has 44 heavy (non-hydrogen) atoms. The Morgan fingerprint density at radius 1 is 0.523 bits per heavy atom. The van der Waals surface area contributed by atoms with E-state index in [-0.39, 0.29) is 43.8 Å². The molecule has 10 nitrogen and oxygen atoms in total. The van der Waals surface area contributed by atoms with Crippen LogP contribution in [0.5, 0.6) is 0 Å². The number of thiophene rings is 2. The van der Waals surface area contributed by atoms with Crippen molar-refractivity contribution in [3.63, 3.8) is 0 Å². The molecule has 0 radical (unpaired) electrons. The predicted octanol–water partition coefficient (Wildman–Crippen LogP) is 7.37. The van der Waals surface area contributed by atoms with Crippen LogP contribution < -0.4 is 32.7 Å². The molecule has 2 amide bonds. The standard InChI is InChI=1S/C32H28N6O4S2/c1-17(39)27-25(33)23(31(43-27)37-19-9-5-3-6-10-19)29(41)35-21-13-15-22(16-14-21)36-30(42)24-26(34)28(18(2)40)44-32(24)38-20-11-7-4-8-12-20/h3-16,37-38H,33-34H2,1-2H3,(H,35,41)(H,36,42). The lowest BCUT2D eigenvalue weighted by Gasteiger charge is -2.11. The fourth-order valence-electron chi connectivity index (χ4n) is 4.37. The van der Waals surface area contributed by atoms with Crippen molar-refractivity contribution in [1.29, 1.82) is 0 Å². The Morgan fingerprint density at radius 3 is 1.18 bits per heavy atom. The average Bonchev–Trinajstić information content (AvgIpc) is 3.51. The molecule has 0 aliphatic rings. The van der Waals surface area contributed by atoms with Crippen LogP contribution in [-0.2, 0) is 0 Å². The van der Waals surface area contributed by atoms with Crippen molar-refractivity contribution < 1.29 is 19.2 Å². The van der Waals surface area contributed by atoms with Crippen molar-refractivity contribution in [3.8, 4) is 0 Å². The third-order valence-electron chi connectivity index (χ3n) is 6.45. The van der Waals surface area contributed by atoms with Crippen molar-refractivity contribution in [3.05, 3.63) is 106 Å². The molecule has 2 heterocycles. The Balaban J connectivity index is 1.34. The zero-order chi connectivity index (χ0) is 31.4. The fourth-order valence-corrected chi connectivity index (χ4v) is 6.43. The largest absolute Gasteiger partial charge is 0.397 e. The van der Waals surface area contributed by atoms with Crippen LogP contribution in [-0.4, -0.2) is 23.4 Å². The van der Waals surface area contributed by atoms with Gasteiger partial charge in [-0.2, -0.15) is 0 Å². The summed E-state index contributed by atoms with van der Waals surface area (Å²) in [6.07, 6.45) is 0. The van der Waals surface area contributed by atoms with E-state index in [1.807, 2.05) is 60.7 Å². The molecule has 0 saturated heterocycles. The number of anilines is 8. The summed E-state index contributed by atoms with van der Waals surface area (Å²) >= 11 is 2.22. The molecule has 0 spiro atoms. The lowest BCUT2D eigenvalue weighted by Crippen LogP contribution is -2.16. The maximum Gasteiger partial charge on any atom is 0.260 e. The number of Topliss-reactive ketones (excluding diaryl/α,β-unsaturated/α-hetero) is 2. The number of benzene rings is 3. The number of hydrogen-bond donors (Lipinski definition) is 6. The van der Waals surface area contributed by atoms with Crippen LogP contribution in [0.3, 0.4) is 0 Å². The van der Waals surface area contributed by atoms with E-state index < -0.39 is 11.8 Å². The summed E-state index contributed by atoms with van der Waals surface area (Å²) in [5.74, 6) is -1.49. The van der Waals surface area contributed by atoms with Crippen LogP contribution in [0.25, 0.3) is 0 Å². The van der Waals surface area contributed by atoms with Crippen molar-refractivity contribution in [2.75, 3.05) is 32.7 Å². The molecule has 12 heteroatoms. The first-order valence-corrected chi connectivity index (χ1v) is 15.0. The van der Waals surface area contributed by atoms with Crippen LogP contribution in [0.15, 0.2) is 84.9 Å². The SMILES string of the molecule is CC(=O)c1sc(Nc2ccccc2)c(C(=O)Nc2ccc(NC(=O)c3c(Nc4ccccc4)sc(C(C)=O)c3N)cc2)c1N. The van der Waals surface area contributed by atoms with E-state index in [9.17, 15) is 19.2 Å². The summed E-state index contributed by atoms with van der Waals surface area (Å²) in [6, 6.07) is 25.0. The number of nitrogens with one attached hydrogen (secondary N) is 4. The first-order chi connectivity index (χ1) is 21.1. The highest BCUT2D eigenvalue weighted by atomic mass is 32.1. The molecule has 8 N–H and O–H groups in total. The summed E-state index contributed by atoms with van der Waals surface area (Å²) in [5.41, 5.74) is 15.4. The normalized spacial score (nSPS) is 10.6. The lowest BCUT2D eigenvalue weighted by atomic mass is 10.1. The fraction of sp³-hybridized carbons (Fsp3) is 0.0625. The molecule has 0 unspecified atom stereocenters. The second-order valence-corrected chi connectivity index (χ2v) is 11.7. The van der Waals surface area contributed by atoms with Gasteiger partial charge in [-0.25, -0.2) is 0 Å². The number of para-hydroxylation sites is 2. The molecular formula is C32H28N6O4S2. The number of carbonyl (C=O) groups is 4. The highest BCUT2D eigenvalue weighted by Crippen LogP contribution is 2.39. The van der Waals surface area contributed by atoms with Gasteiger partial charge in [-0.1, -0.05) is 36.4 Å². The monoisotopic (exact) mass is 624 g/mol. The molecular weight excluding hydrogens is 597 g/mol. The Hall–Kier alpha value is -5.46. The van der Waals surface area contributed by atoms with E-state index in [2.05, 4.69) is 21.3 Å². The van der Waals surface area contributed by atoms with E-state index in [0.29, 0.717) is 21.4 Å². The van der Waals surface area contributed by atoms with E-state index in [4.69, 9.17) is 11.5 Å². The van der Waals surface area contributed by atoms with Crippen molar-refractivity contribution >= 4 is 90.2 Å². The van der Waals surface area contributed by atoms with Gasteiger partial charge < -0.3 is 32.7 Å². The second kappa shape index (κ2) is 12.8. The molecule has 0 aliphatic heterocycles. The van der Waals surface area contributed by atoms with E-state index in [1.54, 1.807) is 24.3 Å². The third-order valence-corrected chi connectivity index (χ3v) is 8.89. The van der Waals surface area contributed by atoms with Gasteiger partial charge in [-0.05, 0) is 48.5 Å². The summed E-state index contributed by atoms with van der Waals surface area (Å²) in [6.45, 7) is 2.79. The molecule has 0 fully saturated rings. The van der Waals surface area contributed by atoms with Gasteiger partial charge in [-0.3, -0.25) is 19.2 Å². The maximum atomic E-state index is 13.4. The first-order valence-electron chi connectivity index (χ1n) is 13.4. The van der Waals surface area contributed by atoms with Gasteiger partial charge in [0.25, 0.3) is 11.8 Å². The number of carbonyl (C=O) groups excluding carboxylic acids is 4. The highest BCUT2D eigenvalue weighted by Gasteiger charge is 2.26. The van der Waals surface area contributed by atoms with Crippen LogP contribution >= 0.6 is 22.7 Å². The molecule has 5 aromatic rings. The zero-order valence-electron chi connectivity index (χ0n) is 23.7. The van der Waals surface area contributed by atoms with Crippen molar-refractivity contribution in [2.45, 2.75) is 13.8 Å². The van der Waals surface area contributed by atoms with Gasteiger partial charge in [0.2, 0.25) is 0 Å². The minimum absolute atomic E-state index is 0.0977. The third kappa shape index (κ3) is 6.46. The second-order valence-electron chi connectivity index (χ2n) is 9.68. The quantitative estimate of drug-likeness (QED) is 0.0875. The topological polar surface area (TPSA) is 168 Å². The van der Waals surface area contributed by atoms with Gasteiger partial charge in [0.15, 0.2) is 11.6 Å². The highest BCUT2D eigenvalue weighted by molar-refractivity contribution is 7.19. The van der Waals surface area contributed by atoms with Gasteiger partial charge in [-0.15, -0.1) is 22.7 Å². The summed E-state index contributed by atoms with van der Waals surface area (Å²) in [7, 11) is 0. The van der Waals surface area contributed by atoms with E-state index >= 15 is 0 Å². The molecule has 3 aromatic carbocycles. The zero-order valence-corrected chi connectivity index (χ0v) is 25.3. The van der Waals surface area contributed by atoms with Gasteiger partial charge in [0, 0.05) is 36.6 Å². The van der Waals surface area contributed by atoms with Gasteiger partial charge in [0.1, 0.15) is 10.0 Å². The maximum absolute atomic E-state index is 13.4. The van der Waals surface area contributed by atoms with Gasteiger partial charge in [0.05, 0.1) is 32.3 Å². The number of nitrogens with two attached hydrogens (primary N) is 2. The first kappa shape index (κ1) is 30.0. The summed E-state index contributed by atoms with van der Waals surface area (Å²) < 4.78 is 0. The molecule has 222 valence electrons. The van der Waals surface area contributed by atoms with Crippen LogP contribution in [0, 0.1) is 0 Å². The van der Waals surface area contributed by atoms with E-state index in [0.717, 1.165) is 34.0 Å². The number of amides is 2. The number of ketones is 2.